The number of rotatable bonds is 4. The third-order valence-corrected chi connectivity index (χ3v) is 3.66. The fraction of sp³-hybridized carbons (Fsp3) is 0.0588. The predicted octanol–water partition coefficient (Wildman–Crippen LogP) is 1.23. The first kappa shape index (κ1) is 16.1. The summed E-state index contributed by atoms with van der Waals surface area (Å²) in [6, 6.07) is 11.4. The van der Waals surface area contributed by atoms with Gasteiger partial charge in [0.1, 0.15) is 5.82 Å². The maximum absolute atomic E-state index is 14.1. The molecule has 0 saturated carbocycles. The van der Waals surface area contributed by atoms with Crippen molar-refractivity contribution in [2.75, 3.05) is 5.32 Å². The van der Waals surface area contributed by atoms with E-state index in [-0.39, 0.29) is 17.4 Å². The summed E-state index contributed by atoms with van der Waals surface area (Å²) < 4.78 is 14.1. The molecule has 2 aromatic carbocycles. The molecular formula is C17H14BFN2O3. The first-order chi connectivity index (χ1) is 11.5. The van der Waals surface area contributed by atoms with E-state index in [9.17, 15) is 9.18 Å². The highest BCUT2D eigenvalue weighted by molar-refractivity contribution is 6.58. The van der Waals surface area contributed by atoms with Gasteiger partial charge >= 0.3 is 7.12 Å². The predicted molar refractivity (Wildman–Crippen MR) is 90.3 cm³/mol. The van der Waals surface area contributed by atoms with Crippen LogP contribution in [0.4, 0.5) is 10.1 Å². The van der Waals surface area contributed by atoms with E-state index in [1.807, 2.05) is 12.1 Å². The Bertz CT molecular complexity index is 902. The zero-order valence-corrected chi connectivity index (χ0v) is 12.6. The van der Waals surface area contributed by atoms with Gasteiger partial charge < -0.3 is 15.4 Å². The van der Waals surface area contributed by atoms with Gasteiger partial charge in [-0.05, 0) is 29.1 Å². The maximum atomic E-state index is 14.1. The summed E-state index contributed by atoms with van der Waals surface area (Å²) in [6.45, 7) is 0. The second kappa shape index (κ2) is 6.78. The van der Waals surface area contributed by atoms with Gasteiger partial charge in [0.05, 0.1) is 6.42 Å². The van der Waals surface area contributed by atoms with Gasteiger partial charge in [0.15, 0.2) is 0 Å². The molecule has 0 bridgehead atoms. The Hall–Kier alpha value is -2.77. The first-order valence-corrected chi connectivity index (χ1v) is 7.31. The number of carbonyl (C=O) groups excluding carboxylic acids is 1. The smallest absolute Gasteiger partial charge is 0.423 e. The Morgan fingerprint density at radius 3 is 2.79 bits per heavy atom. The summed E-state index contributed by atoms with van der Waals surface area (Å²) >= 11 is 0. The minimum absolute atomic E-state index is 0.100. The molecule has 5 nitrogen and oxygen atoms in total. The number of halogens is 1. The quantitative estimate of drug-likeness (QED) is 0.631. The number of nitrogens with one attached hydrogen (secondary N) is 1. The summed E-state index contributed by atoms with van der Waals surface area (Å²) in [5.74, 6) is -1.18. The number of amides is 1. The van der Waals surface area contributed by atoms with Crippen LogP contribution in [0.5, 0.6) is 0 Å². The standard InChI is InChI=1S/C17H14BFN2O3/c19-17-12(2-1-3-15(17)18(23)24)9-16(22)21-14-5-4-13-10-20-7-6-11(13)8-14/h1-8,10,23-24H,9H2,(H,21,22). The van der Waals surface area contributed by atoms with Gasteiger partial charge in [0.25, 0.3) is 0 Å². The highest BCUT2D eigenvalue weighted by Gasteiger charge is 2.19. The van der Waals surface area contributed by atoms with Crippen molar-refractivity contribution < 1.29 is 19.2 Å². The number of benzene rings is 2. The number of aromatic nitrogens is 1. The lowest BCUT2D eigenvalue weighted by molar-refractivity contribution is -0.115. The summed E-state index contributed by atoms with van der Waals surface area (Å²) in [5.41, 5.74) is 0.444. The molecule has 0 fully saturated rings. The van der Waals surface area contributed by atoms with E-state index in [2.05, 4.69) is 10.3 Å². The molecule has 1 aromatic heterocycles. The number of fused-ring (bicyclic) bond motifs is 1. The third-order valence-electron chi connectivity index (χ3n) is 3.66. The lowest BCUT2D eigenvalue weighted by Crippen LogP contribution is -2.33. The second-order valence-corrected chi connectivity index (χ2v) is 5.36. The highest BCUT2D eigenvalue weighted by Crippen LogP contribution is 2.18. The van der Waals surface area contributed by atoms with Crippen LogP contribution in [0.2, 0.25) is 0 Å². The third kappa shape index (κ3) is 3.42. The molecule has 0 saturated heterocycles. The largest absolute Gasteiger partial charge is 0.491 e. The van der Waals surface area contributed by atoms with E-state index >= 15 is 0 Å². The maximum Gasteiger partial charge on any atom is 0.491 e. The first-order valence-electron chi connectivity index (χ1n) is 7.31. The molecule has 0 atom stereocenters. The fourth-order valence-corrected chi connectivity index (χ4v) is 2.47. The van der Waals surface area contributed by atoms with E-state index in [0.717, 1.165) is 10.8 Å². The monoisotopic (exact) mass is 324 g/mol. The van der Waals surface area contributed by atoms with Crippen LogP contribution in [0.3, 0.4) is 0 Å². The van der Waals surface area contributed by atoms with Crippen molar-refractivity contribution in [2.45, 2.75) is 6.42 Å². The van der Waals surface area contributed by atoms with E-state index in [4.69, 9.17) is 10.0 Å². The summed E-state index contributed by atoms with van der Waals surface area (Å²) in [4.78, 5) is 16.2. The van der Waals surface area contributed by atoms with Crippen LogP contribution in [0.1, 0.15) is 5.56 Å². The lowest BCUT2D eigenvalue weighted by atomic mass is 9.79. The minimum atomic E-state index is -1.91. The molecule has 1 heterocycles. The molecule has 3 N–H and O–H groups in total. The van der Waals surface area contributed by atoms with Crippen molar-refractivity contribution in [1.82, 2.24) is 4.98 Å². The van der Waals surface area contributed by atoms with Crippen LogP contribution < -0.4 is 10.8 Å². The number of hydrogen-bond acceptors (Lipinski definition) is 4. The van der Waals surface area contributed by atoms with E-state index < -0.39 is 18.8 Å². The SMILES string of the molecule is O=C(Cc1cccc(B(O)O)c1F)Nc1ccc2cnccc2c1. The van der Waals surface area contributed by atoms with Crippen molar-refractivity contribution in [2.24, 2.45) is 0 Å². The Labute approximate surface area is 137 Å². The van der Waals surface area contributed by atoms with Crippen LogP contribution in [0, 0.1) is 5.82 Å². The fourth-order valence-electron chi connectivity index (χ4n) is 2.47. The number of nitrogens with zero attached hydrogens (tertiary/aromatic N) is 1. The van der Waals surface area contributed by atoms with Gasteiger partial charge in [-0.2, -0.15) is 0 Å². The zero-order valence-electron chi connectivity index (χ0n) is 12.6. The molecule has 0 radical (unpaired) electrons. The molecule has 0 unspecified atom stereocenters. The van der Waals surface area contributed by atoms with Gasteiger partial charge in [0, 0.05) is 28.9 Å². The molecule has 1 amide bonds. The van der Waals surface area contributed by atoms with Crippen molar-refractivity contribution >= 4 is 34.9 Å². The number of hydrogen-bond donors (Lipinski definition) is 3. The molecule has 3 rings (SSSR count). The average molecular weight is 324 g/mol. The topological polar surface area (TPSA) is 82.5 Å². The molecule has 3 aromatic rings. The van der Waals surface area contributed by atoms with Gasteiger partial charge in [-0.3, -0.25) is 9.78 Å². The summed E-state index contributed by atoms with van der Waals surface area (Å²) in [7, 11) is -1.91. The Morgan fingerprint density at radius 1 is 1.17 bits per heavy atom. The molecule has 7 heteroatoms. The van der Waals surface area contributed by atoms with Gasteiger partial charge in [-0.25, -0.2) is 4.39 Å². The number of carbonyl (C=O) groups is 1. The van der Waals surface area contributed by atoms with Gasteiger partial charge in [0.2, 0.25) is 5.91 Å². The van der Waals surface area contributed by atoms with Crippen LogP contribution in [0.25, 0.3) is 10.8 Å². The van der Waals surface area contributed by atoms with E-state index in [1.165, 1.54) is 18.2 Å². The Morgan fingerprint density at radius 2 is 2.00 bits per heavy atom. The molecule has 120 valence electrons. The second-order valence-electron chi connectivity index (χ2n) is 5.36. The van der Waals surface area contributed by atoms with Crippen LogP contribution in [0.15, 0.2) is 54.9 Å². The minimum Gasteiger partial charge on any atom is -0.423 e. The number of anilines is 1. The van der Waals surface area contributed by atoms with Gasteiger partial charge in [-0.1, -0.05) is 24.3 Å². The summed E-state index contributed by atoms with van der Waals surface area (Å²) in [5, 5.41) is 22.8. The van der Waals surface area contributed by atoms with Crippen molar-refractivity contribution in [3.05, 3.63) is 66.2 Å². The van der Waals surface area contributed by atoms with E-state index in [1.54, 1.807) is 24.5 Å². The molecular weight excluding hydrogens is 310 g/mol. The molecule has 0 aliphatic rings. The molecule has 0 aliphatic carbocycles. The van der Waals surface area contributed by atoms with Crippen LogP contribution in [-0.4, -0.2) is 28.1 Å². The molecule has 0 aliphatic heterocycles. The molecule has 0 spiro atoms. The summed E-state index contributed by atoms with van der Waals surface area (Å²) in [6.07, 6.45) is 3.18. The highest BCUT2D eigenvalue weighted by atomic mass is 19.1. The number of pyridine rings is 1. The van der Waals surface area contributed by atoms with Crippen molar-refractivity contribution in [1.29, 1.82) is 0 Å². The van der Waals surface area contributed by atoms with Crippen molar-refractivity contribution in [3.8, 4) is 0 Å². The Balaban J connectivity index is 1.76. The lowest BCUT2D eigenvalue weighted by Gasteiger charge is -2.09. The van der Waals surface area contributed by atoms with Crippen molar-refractivity contribution in [3.63, 3.8) is 0 Å². The average Bonchev–Trinajstić information content (AvgIpc) is 2.56. The zero-order chi connectivity index (χ0) is 17.1. The van der Waals surface area contributed by atoms with Gasteiger partial charge in [-0.15, -0.1) is 0 Å². The normalized spacial score (nSPS) is 10.6. The van der Waals surface area contributed by atoms with Crippen LogP contribution in [-0.2, 0) is 11.2 Å². The molecule has 24 heavy (non-hydrogen) atoms. The Kier molecular flexibility index (Phi) is 4.55. The van der Waals surface area contributed by atoms with Crippen LogP contribution >= 0.6 is 0 Å². The van der Waals surface area contributed by atoms with E-state index in [0.29, 0.717) is 5.69 Å².